The molecule has 0 aromatic carbocycles. The third-order valence-corrected chi connectivity index (χ3v) is 3.07. The molecule has 2 unspecified atom stereocenters. The summed E-state index contributed by atoms with van der Waals surface area (Å²) in [6, 6.07) is 0. The Kier molecular flexibility index (Phi) is 2.77. The van der Waals surface area contributed by atoms with Gasteiger partial charge in [0.05, 0.1) is 7.05 Å². The Hall–Kier alpha value is -0.970. The quantitative estimate of drug-likeness (QED) is 0.743. The summed E-state index contributed by atoms with van der Waals surface area (Å²) in [7, 11) is 1.80. The van der Waals surface area contributed by atoms with Crippen LogP contribution in [0.5, 0.6) is 0 Å². The van der Waals surface area contributed by atoms with Gasteiger partial charge in [-0.25, -0.2) is 0 Å². The summed E-state index contributed by atoms with van der Waals surface area (Å²) < 4.78 is 0. The second kappa shape index (κ2) is 4.04. The van der Waals surface area contributed by atoms with Gasteiger partial charge < -0.3 is 5.73 Å². The number of tetrazole rings is 1. The summed E-state index contributed by atoms with van der Waals surface area (Å²) in [6.07, 6.45) is 4.92. The number of nitrogens with two attached hydrogens (primary N) is 1. The lowest BCUT2D eigenvalue weighted by molar-refractivity contribution is 0.303. The number of nitrogens with zero attached hydrogens (tertiary/aromatic N) is 4. The van der Waals surface area contributed by atoms with Crippen LogP contribution in [0.2, 0.25) is 0 Å². The molecule has 0 amide bonds. The van der Waals surface area contributed by atoms with Gasteiger partial charge in [0.1, 0.15) is 0 Å². The predicted octanol–water partition coefficient (Wildman–Crippen LogP) is 0.443. The fourth-order valence-corrected chi connectivity index (χ4v) is 2.28. The fourth-order valence-electron chi connectivity index (χ4n) is 2.28. The van der Waals surface area contributed by atoms with Crippen LogP contribution in [0.15, 0.2) is 0 Å². The van der Waals surface area contributed by atoms with Gasteiger partial charge in [0, 0.05) is 5.92 Å². The topological polar surface area (TPSA) is 69.6 Å². The van der Waals surface area contributed by atoms with E-state index in [0.717, 1.165) is 18.8 Å². The molecular formula is C9H17N5. The normalized spacial score (nSPS) is 27.9. The lowest BCUT2D eigenvalue weighted by atomic mass is 9.79. The predicted molar refractivity (Wildman–Crippen MR) is 52.6 cm³/mol. The summed E-state index contributed by atoms with van der Waals surface area (Å²) in [5.41, 5.74) is 5.76. The Morgan fingerprint density at radius 3 is 2.86 bits per heavy atom. The average Bonchev–Trinajstić information content (AvgIpc) is 2.65. The Balaban J connectivity index is 2.14. The van der Waals surface area contributed by atoms with Crippen molar-refractivity contribution >= 4 is 0 Å². The summed E-state index contributed by atoms with van der Waals surface area (Å²) in [5.74, 6) is 1.86. The highest BCUT2D eigenvalue weighted by molar-refractivity contribution is 4.97. The molecule has 5 nitrogen and oxygen atoms in total. The zero-order valence-electron chi connectivity index (χ0n) is 8.56. The van der Waals surface area contributed by atoms with Gasteiger partial charge in [-0.3, -0.25) is 0 Å². The maximum atomic E-state index is 5.76. The number of hydrogen-bond donors (Lipinski definition) is 1. The third-order valence-electron chi connectivity index (χ3n) is 3.07. The highest BCUT2D eigenvalue weighted by atomic mass is 15.6. The first-order chi connectivity index (χ1) is 6.81. The van der Waals surface area contributed by atoms with Crippen LogP contribution in [0, 0.1) is 5.92 Å². The Bertz CT molecular complexity index is 295. The van der Waals surface area contributed by atoms with Gasteiger partial charge in [-0.1, -0.05) is 12.8 Å². The Labute approximate surface area is 83.7 Å². The SMILES string of the molecule is Cn1nnc(C2CCCCC2CN)n1. The van der Waals surface area contributed by atoms with Crippen LogP contribution in [0.25, 0.3) is 0 Å². The van der Waals surface area contributed by atoms with Crippen molar-refractivity contribution in [3.63, 3.8) is 0 Å². The van der Waals surface area contributed by atoms with Crippen molar-refractivity contribution in [2.45, 2.75) is 31.6 Å². The molecule has 5 heteroatoms. The summed E-state index contributed by atoms with van der Waals surface area (Å²) in [5, 5.41) is 12.2. The van der Waals surface area contributed by atoms with E-state index in [1.807, 2.05) is 0 Å². The monoisotopic (exact) mass is 195 g/mol. The fraction of sp³-hybridized carbons (Fsp3) is 0.889. The van der Waals surface area contributed by atoms with Crippen molar-refractivity contribution in [2.24, 2.45) is 18.7 Å². The first-order valence-corrected chi connectivity index (χ1v) is 5.25. The summed E-state index contributed by atoms with van der Waals surface area (Å²) in [4.78, 5) is 1.53. The maximum absolute atomic E-state index is 5.76. The first kappa shape index (κ1) is 9.58. The number of aromatic nitrogens is 4. The van der Waals surface area contributed by atoms with Gasteiger partial charge in [-0.2, -0.15) is 4.80 Å². The van der Waals surface area contributed by atoms with Gasteiger partial charge in [0.15, 0.2) is 5.82 Å². The smallest absolute Gasteiger partial charge is 0.178 e. The molecule has 0 radical (unpaired) electrons. The van der Waals surface area contributed by atoms with E-state index in [9.17, 15) is 0 Å². The highest BCUT2D eigenvalue weighted by Gasteiger charge is 2.28. The van der Waals surface area contributed by atoms with Crippen molar-refractivity contribution in [1.29, 1.82) is 0 Å². The molecule has 2 N–H and O–H groups in total. The lowest BCUT2D eigenvalue weighted by Gasteiger charge is -2.27. The van der Waals surface area contributed by atoms with E-state index in [-0.39, 0.29) is 0 Å². The molecule has 14 heavy (non-hydrogen) atoms. The van der Waals surface area contributed by atoms with E-state index in [4.69, 9.17) is 5.73 Å². The van der Waals surface area contributed by atoms with E-state index in [2.05, 4.69) is 15.4 Å². The van der Waals surface area contributed by atoms with Gasteiger partial charge >= 0.3 is 0 Å². The van der Waals surface area contributed by atoms with Crippen LogP contribution in [0.4, 0.5) is 0 Å². The third kappa shape index (κ3) is 1.77. The summed E-state index contributed by atoms with van der Waals surface area (Å²) >= 11 is 0. The minimum Gasteiger partial charge on any atom is -0.330 e. The molecule has 0 aliphatic heterocycles. The highest BCUT2D eigenvalue weighted by Crippen LogP contribution is 2.35. The molecule has 0 spiro atoms. The zero-order chi connectivity index (χ0) is 9.97. The molecule has 1 aliphatic rings. The van der Waals surface area contributed by atoms with Crippen LogP contribution in [-0.4, -0.2) is 26.8 Å². The van der Waals surface area contributed by atoms with Crippen molar-refractivity contribution in [2.75, 3.05) is 6.54 Å². The van der Waals surface area contributed by atoms with Crippen LogP contribution in [0.3, 0.4) is 0 Å². The molecular weight excluding hydrogens is 178 g/mol. The van der Waals surface area contributed by atoms with E-state index in [0.29, 0.717) is 11.8 Å². The van der Waals surface area contributed by atoms with Crippen molar-refractivity contribution < 1.29 is 0 Å². The Morgan fingerprint density at radius 1 is 1.43 bits per heavy atom. The molecule has 2 atom stereocenters. The maximum Gasteiger partial charge on any atom is 0.178 e. The molecule has 2 rings (SSSR count). The van der Waals surface area contributed by atoms with Crippen molar-refractivity contribution in [1.82, 2.24) is 20.2 Å². The second-order valence-corrected chi connectivity index (χ2v) is 4.02. The van der Waals surface area contributed by atoms with Crippen molar-refractivity contribution in [3.05, 3.63) is 5.82 Å². The minimum atomic E-state index is 0.433. The summed E-state index contributed by atoms with van der Waals surface area (Å²) in [6.45, 7) is 0.739. The average molecular weight is 195 g/mol. The molecule has 1 aliphatic carbocycles. The van der Waals surface area contributed by atoms with E-state index in [1.54, 1.807) is 7.05 Å². The van der Waals surface area contributed by atoms with E-state index < -0.39 is 0 Å². The van der Waals surface area contributed by atoms with Crippen molar-refractivity contribution in [3.8, 4) is 0 Å². The minimum absolute atomic E-state index is 0.433. The van der Waals surface area contributed by atoms with Crippen LogP contribution in [-0.2, 0) is 7.05 Å². The van der Waals surface area contributed by atoms with Gasteiger partial charge in [0.2, 0.25) is 0 Å². The molecule has 78 valence electrons. The first-order valence-electron chi connectivity index (χ1n) is 5.25. The van der Waals surface area contributed by atoms with Crippen LogP contribution in [0.1, 0.15) is 37.4 Å². The molecule has 0 bridgehead atoms. The van der Waals surface area contributed by atoms with E-state index in [1.165, 1.54) is 24.1 Å². The molecule has 1 aromatic heterocycles. The van der Waals surface area contributed by atoms with Gasteiger partial charge in [-0.05, 0) is 30.5 Å². The second-order valence-electron chi connectivity index (χ2n) is 4.02. The largest absolute Gasteiger partial charge is 0.330 e. The molecule has 1 heterocycles. The van der Waals surface area contributed by atoms with Crippen LogP contribution < -0.4 is 5.73 Å². The Morgan fingerprint density at radius 2 is 2.21 bits per heavy atom. The van der Waals surface area contributed by atoms with E-state index >= 15 is 0 Å². The van der Waals surface area contributed by atoms with Crippen LogP contribution >= 0.6 is 0 Å². The standard InChI is InChI=1S/C9H17N5/c1-14-12-9(11-13-14)8-5-3-2-4-7(8)6-10/h7-8H,2-6,10H2,1H3. The lowest BCUT2D eigenvalue weighted by Crippen LogP contribution is -2.26. The number of aryl methyl sites for hydroxylation is 1. The number of hydrogen-bond acceptors (Lipinski definition) is 4. The molecule has 1 saturated carbocycles. The molecule has 0 saturated heterocycles. The van der Waals surface area contributed by atoms with Gasteiger partial charge in [-0.15, -0.1) is 10.2 Å². The molecule has 1 aromatic rings. The van der Waals surface area contributed by atoms with Gasteiger partial charge in [0.25, 0.3) is 0 Å². The number of rotatable bonds is 2. The molecule has 1 fully saturated rings. The zero-order valence-corrected chi connectivity index (χ0v) is 8.56.